The number of hydrogen-bond acceptors (Lipinski definition) is 4. The van der Waals surface area contributed by atoms with E-state index in [0.717, 1.165) is 29.0 Å². The van der Waals surface area contributed by atoms with E-state index in [1.165, 1.54) is 16.7 Å². The minimum absolute atomic E-state index is 0.300. The van der Waals surface area contributed by atoms with E-state index < -0.39 is 5.66 Å². The van der Waals surface area contributed by atoms with Crippen molar-refractivity contribution in [1.29, 1.82) is 0 Å². The van der Waals surface area contributed by atoms with Crippen LogP contribution in [0.15, 0.2) is 66.7 Å². The van der Waals surface area contributed by atoms with Crippen LogP contribution in [0, 0.1) is 0 Å². The molecule has 5 rings (SSSR count). The van der Waals surface area contributed by atoms with E-state index >= 15 is 0 Å². The van der Waals surface area contributed by atoms with Gasteiger partial charge in [0.05, 0.1) is 5.66 Å². The van der Waals surface area contributed by atoms with Crippen LogP contribution >= 0.6 is 0 Å². The predicted octanol–water partition coefficient (Wildman–Crippen LogP) is 3.52. The van der Waals surface area contributed by atoms with Crippen LogP contribution in [-0.4, -0.2) is 0 Å². The third kappa shape index (κ3) is 1.91. The molecule has 3 aromatic rings. The van der Waals surface area contributed by atoms with Crippen molar-refractivity contribution in [2.45, 2.75) is 23.9 Å². The SMILES string of the molecule is Nc1ccc2c(c1)C1(CCC(N)(N)c3ccccc31)c1ccccc1N2. The molecule has 0 saturated heterocycles. The zero-order valence-electron chi connectivity index (χ0n) is 14.5. The summed E-state index contributed by atoms with van der Waals surface area (Å²) in [6.07, 6.45) is 1.54. The summed E-state index contributed by atoms with van der Waals surface area (Å²) in [5.41, 5.74) is 25.7. The molecule has 0 aromatic heterocycles. The molecule has 4 heteroatoms. The second-order valence-corrected chi connectivity index (χ2v) is 7.47. The van der Waals surface area contributed by atoms with E-state index in [9.17, 15) is 0 Å². The molecule has 7 N–H and O–H groups in total. The normalized spacial score (nSPS) is 22.1. The van der Waals surface area contributed by atoms with Crippen molar-refractivity contribution in [2.75, 3.05) is 11.1 Å². The van der Waals surface area contributed by atoms with Crippen LogP contribution < -0.4 is 22.5 Å². The van der Waals surface area contributed by atoms with Crippen molar-refractivity contribution in [3.63, 3.8) is 0 Å². The van der Waals surface area contributed by atoms with E-state index in [1.54, 1.807) is 0 Å². The fourth-order valence-corrected chi connectivity index (χ4v) is 4.76. The Hall–Kier alpha value is -2.82. The van der Waals surface area contributed by atoms with Crippen LogP contribution in [0.4, 0.5) is 17.1 Å². The first-order valence-electron chi connectivity index (χ1n) is 8.97. The Balaban J connectivity index is 1.91. The number of nitrogen functional groups attached to an aromatic ring is 1. The van der Waals surface area contributed by atoms with Gasteiger partial charge in [0.2, 0.25) is 0 Å². The van der Waals surface area contributed by atoms with Gasteiger partial charge < -0.3 is 22.5 Å². The lowest BCUT2D eigenvalue weighted by atomic mass is 9.58. The molecule has 0 radical (unpaired) electrons. The first kappa shape index (κ1) is 15.4. The number of fused-ring (bicyclic) bond motifs is 6. The summed E-state index contributed by atoms with van der Waals surface area (Å²) in [5.74, 6) is 0. The molecule has 1 unspecified atom stereocenters. The van der Waals surface area contributed by atoms with Crippen molar-refractivity contribution in [3.05, 3.63) is 89.0 Å². The predicted molar refractivity (Wildman–Crippen MR) is 106 cm³/mol. The van der Waals surface area contributed by atoms with Crippen molar-refractivity contribution in [3.8, 4) is 0 Å². The topological polar surface area (TPSA) is 90.1 Å². The third-order valence-corrected chi connectivity index (χ3v) is 5.96. The highest BCUT2D eigenvalue weighted by Crippen LogP contribution is 2.56. The van der Waals surface area contributed by atoms with E-state index in [4.69, 9.17) is 17.2 Å². The largest absolute Gasteiger partial charge is 0.399 e. The second kappa shape index (κ2) is 5.10. The maximum Gasteiger partial charge on any atom is 0.0903 e. The monoisotopic (exact) mass is 342 g/mol. The van der Waals surface area contributed by atoms with Crippen LogP contribution in [0.1, 0.15) is 35.1 Å². The summed E-state index contributed by atoms with van der Waals surface area (Å²) in [5, 5.41) is 3.57. The lowest BCUT2D eigenvalue weighted by Crippen LogP contribution is -2.53. The molecule has 26 heavy (non-hydrogen) atoms. The Morgan fingerprint density at radius 3 is 2.15 bits per heavy atom. The third-order valence-electron chi connectivity index (χ3n) is 5.96. The first-order valence-corrected chi connectivity index (χ1v) is 8.97. The minimum Gasteiger partial charge on any atom is -0.399 e. The van der Waals surface area contributed by atoms with Gasteiger partial charge in [-0.3, -0.25) is 0 Å². The fourth-order valence-electron chi connectivity index (χ4n) is 4.76. The molecule has 4 nitrogen and oxygen atoms in total. The van der Waals surface area contributed by atoms with Crippen molar-refractivity contribution in [2.24, 2.45) is 11.5 Å². The summed E-state index contributed by atoms with van der Waals surface area (Å²) < 4.78 is 0. The highest BCUT2D eigenvalue weighted by Gasteiger charge is 2.49. The Labute approximate surface area is 153 Å². The minimum atomic E-state index is -0.817. The van der Waals surface area contributed by atoms with Crippen LogP contribution in [0.25, 0.3) is 0 Å². The Bertz CT molecular complexity index is 1020. The number of anilines is 3. The maximum absolute atomic E-state index is 6.49. The van der Waals surface area contributed by atoms with Gasteiger partial charge >= 0.3 is 0 Å². The number of nitrogens with one attached hydrogen (secondary N) is 1. The smallest absolute Gasteiger partial charge is 0.0903 e. The van der Waals surface area contributed by atoms with Gasteiger partial charge in [0.25, 0.3) is 0 Å². The van der Waals surface area contributed by atoms with Crippen molar-refractivity contribution >= 4 is 17.1 Å². The van der Waals surface area contributed by atoms with Crippen LogP contribution in [0.5, 0.6) is 0 Å². The highest BCUT2D eigenvalue weighted by atomic mass is 15.0. The molecule has 0 saturated carbocycles. The van der Waals surface area contributed by atoms with Gasteiger partial charge in [0, 0.05) is 22.5 Å². The molecule has 0 amide bonds. The molecule has 1 aliphatic heterocycles. The molecule has 1 aliphatic carbocycles. The summed E-state index contributed by atoms with van der Waals surface area (Å²) in [6.45, 7) is 0. The Kier molecular flexibility index (Phi) is 3.03. The van der Waals surface area contributed by atoms with Gasteiger partial charge in [0.1, 0.15) is 0 Å². The summed E-state index contributed by atoms with van der Waals surface area (Å²) >= 11 is 0. The molecular formula is C22H22N4. The van der Waals surface area contributed by atoms with Crippen molar-refractivity contribution in [1.82, 2.24) is 0 Å². The van der Waals surface area contributed by atoms with Gasteiger partial charge in [-0.15, -0.1) is 0 Å². The number of benzene rings is 3. The fraction of sp³-hybridized carbons (Fsp3) is 0.182. The molecular weight excluding hydrogens is 320 g/mol. The molecule has 1 atom stereocenters. The molecule has 0 fully saturated rings. The molecule has 1 spiro atoms. The van der Waals surface area contributed by atoms with Crippen molar-refractivity contribution < 1.29 is 0 Å². The molecule has 3 aromatic carbocycles. The van der Waals surface area contributed by atoms with E-state index in [2.05, 4.69) is 59.9 Å². The molecule has 0 bridgehead atoms. The Morgan fingerprint density at radius 1 is 0.692 bits per heavy atom. The Morgan fingerprint density at radius 2 is 1.35 bits per heavy atom. The van der Waals surface area contributed by atoms with Gasteiger partial charge in [-0.05, 0) is 59.4 Å². The molecule has 1 heterocycles. The zero-order chi connectivity index (χ0) is 17.9. The summed E-state index contributed by atoms with van der Waals surface area (Å²) in [4.78, 5) is 0. The van der Waals surface area contributed by atoms with Crippen LogP contribution in [0.2, 0.25) is 0 Å². The lowest BCUT2D eigenvalue weighted by molar-refractivity contribution is 0.333. The number of para-hydroxylation sites is 1. The van der Waals surface area contributed by atoms with Crippen LogP contribution in [-0.2, 0) is 11.1 Å². The lowest BCUT2D eigenvalue weighted by Gasteiger charge is -2.49. The van der Waals surface area contributed by atoms with E-state index in [1.807, 2.05) is 12.1 Å². The number of nitrogens with two attached hydrogens (primary N) is 3. The summed E-state index contributed by atoms with van der Waals surface area (Å²) in [6, 6.07) is 22.9. The number of rotatable bonds is 0. The average Bonchev–Trinajstić information content (AvgIpc) is 2.65. The standard InChI is InChI=1S/C22H22N4/c23-14-9-10-20-18(13-14)21(17-7-3-4-8-19(17)26-20)11-12-22(24,25)16-6-2-1-5-15(16)21/h1-10,13,26H,11-12,23-25H2. The van der Waals surface area contributed by atoms with Gasteiger partial charge in [-0.25, -0.2) is 0 Å². The van der Waals surface area contributed by atoms with E-state index in [-0.39, 0.29) is 5.41 Å². The average molecular weight is 342 g/mol. The van der Waals surface area contributed by atoms with Gasteiger partial charge in [0.15, 0.2) is 0 Å². The van der Waals surface area contributed by atoms with Crippen LogP contribution in [0.3, 0.4) is 0 Å². The van der Waals surface area contributed by atoms with Gasteiger partial charge in [-0.2, -0.15) is 0 Å². The zero-order valence-corrected chi connectivity index (χ0v) is 14.5. The maximum atomic E-state index is 6.49. The van der Waals surface area contributed by atoms with E-state index in [0.29, 0.717) is 6.42 Å². The second-order valence-electron chi connectivity index (χ2n) is 7.47. The summed E-state index contributed by atoms with van der Waals surface area (Å²) in [7, 11) is 0. The molecule has 130 valence electrons. The number of hydrogen-bond donors (Lipinski definition) is 4. The molecule has 2 aliphatic rings. The first-order chi connectivity index (χ1) is 12.5. The van der Waals surface area contributed by atoms with Gasteiger partial charge in [-0.1, -0.05) is 42.5 Å². The quantitative estimate of drug-likeness (QED) is 0.372. The highest BCUT2D eigenvalue weighted by molar-refractivity contribution is 5.80.